The van der Waals surface area contributed by atoms with Crippen LogP contribution in [0.3, 0.4) is 0 Å². The molecule has 1 N–H and O–H groups in total. The van der Waals surface area contributed by atoms with E-state index in [4.69, 9.17) is 10.00 Å². The molecule has 1 aromatic carbocycles. The van der Waals surface area contributed by atoms with Gasteiger partial charge in [-0.15, -0.1) is 0 Å². The molecule has 2 rings (SSSR count). The van der Waals surface area contributed by atoms with Gasteiger partial charge in [0.2, 0.25) is 0 Å². The van der Waals surface area contributed by atoms with Crippen molar-refractivity contribution in [1.82, 2.24) is 10.3 Å². The lowest BCUT2D eigenvalue weighted by atomic mass is 10.0. The number of aromatic nitrogens is 1. The molecular formula is C20H21N3O3. The van der Waals surface area contributed by atoms with Gasteiger partial charge in [-0.05, 0) is 30.0 Å². The van der Waals surface area contributed by atoms with E-state index < -0.39 is 17.9 Å². The zero-order valence-corrected chi connectivity index (χ0v) is 14.8. The quantitative estimate of drug-likeness (QED) is 0.774. The van der Waals surface area contributed by atoms with E-state index in [0.29, 0.717) is 12.0 Å². The molecule has 6 nitrogen and oxygen atoms in total. The average Bonchev–Trinajstić information content (AvgIpc) is 2.66. The summed E-state index contributed by atoms with van der Waals surface area (Å²) in [5.74, 6) is -0.764. The lowest BCUT2D eigenvalue weighted by molar-refractivity contribution is -0.147. The smallest absolute Gasteiger partial charge is 0.328 e. The number of pyridine rings is 1. The summed E-state index contributed by atoms with van der Waals surface area (Å²) in [6.45, 7) is 4.08. The number of carbonyl (C=O) groups is 2. The summed E-state index contributed by atoms with van der Waals surface area (Å²) >= 11 is 0. The van der Waals surface area contributed by atoms with Crippen LogP contribution in [0.25, 0.3) is 0 Å². The van der Waals surface area contributed by atoms with Gasteiger partial charge in [0.25, 0.3) is 5.91 Å². The Balaban J connectivity index is 2.01. The molecule has 0 bridgehead atoms. The van der Waals surface area contributed by atoms with Gasteiger partial charge in [-0.25, -0.2) is 9.78 Å². The highest BCUT2D eigenvalue weighted by atomic mass is 16.5. The number of carbonyl (C=O) groups excluding carboxylic acids is 2. The van der Waals surface area contributed by atoms with E-state index in [9.17, 15) is 9.59 Å². The second kappa shape index (κ2) is 9.33. The van der Waals surface area contributed by atoms with E-state index in [0.717, 1.165) is 5.56 Å². The summed E-state index contributed by atoms with van der Waals surface area (Å²) in [4.78, 5) is 28.7. The molecular weight excluding hydrogens is 330 g/mol. The van der Waals surface area contributed by atoms with Crippen LogP contribution in [0, 0.1) is 17.2 Å². The second-order valence-corrected chi connectivity index (χ2v) is 6.29. The molecule has 2 aromatic rings. The summed E-state index contributed by atoms with van der Waals surface area (Å²) < 4.78 is 5.35. The molecule has 0 saturated carbocycles. The molecule has 1 amide bonds. The van der Waals surface area contributed by atoms with E-state index >= 15 is 0 Å². The normalized spacial score (nSPS) is 11.5. The van der Waals surface area contributed by atoms with Crippen LogP contribution in [-0.2, 0) is 16.1 Å². The van der Waals surface area contributed by atoms with E-state index in [1.54, 1.807) is 0 Å². The first kappa shape index (κ1) is 19.1. The number of nitriles is 1. The predicted molar refractivity (Wildman–Crippen MR) is 95.9 cm³/mol. The first-order valence-electron chi connectivity index (χ1n) is 8.37. The van der Waals surface area contributed by atoms with E-state index in [-0.39, 0.29) is 18.2 Å². The van der Waals surface area contributed by atoms with Gasteiger partial charge in [0, 0.05) is 6.20 Å². The van der Waals surface area contributed by atoms with E-state index in [2.05, 4.69) is 10.3 Å². The molecule has 0 radical (unpaired) electrons. The van der Waals surface area contributed by atoms with Gasteiger partial charge in [-0.2, -0.15) is 5.26 Å². The third-order valence-corrected chi connectivity index (χ3v) is 3.65. The first-order chi connectivity index (χ1) is 12.5. The monoisotopic (exact) mass is 351 g/mol. The largest absolute Gasteiger partial charge is 0.459 e. The molecule has 0 aliphatic rings. The fraction of sp³-hybridized carbons (Fsp3) is 0.300. The van der Waals surface area contributed by atoms with Crippen molar-refractivity contribution in [3.8, 4) is 6.07 Å². The predicted octanol–water partition coefficient (Wildman–Crippen LogP) is 2.84. The van der Waals surface area contributed by atoms with Gasteiger partial charge in [-0.1, -0.05) is 44.2 Å². The Hall–Kier alpha value is -3.20. The van der Waals surface area contributed by atoms with Crippen molar-refractivity contribution >= 4 is 11.9 Å². The van der Waals surface area contributed by atoms with Crippen molar-refractivity contribution in [3.63, 3.8) is 0 Å². The van der Waals surface area contributed by atoms with Crippen LogP contribution in [0.2, 0.25) is 0 Å². The van der Waals surface area contributed by atoms with Crippen LogP contribution in [0.5, 0.6) is 0 Å². The molecule has 6 heteroatoms. The third kappa shape index (κ3) is 5.71. The van der Waals surface area contributed by atoms with E-state index in [1.165, 1.54) is 18.3 Å². The van der Waals surface area contributed by atoms with Crippen LogP contribution in [-0.4, -0.2) is 22.9 Å². The third-order valence-electron chi connectivity index (χ3n) is 3.65. The molecule has 0 spiro atoms. The summed E-state index contributed by atoms with van der Waals surface area (Å²) in [7, 11) is 0. The Morgan fingerprint density at radius 1 is 1.19 bits per heavy atom. The summed E-state index contributed by atoms with van der Waals surface area (Å²) in [5.41, 5.74) is 1.39. The van der Waals surface area contributed by atoms with Crippen molar-refractivity contribution in [2.75, 3.05) is 0 Å². The summed E-state index contributed by atoms with van der Waals surface area (Å²) in [5, 5.41) is 11.5. The van der Waals surface area contributed by atoms with Crippen LogP contribution in [0.4, 0.5) is 0 Å². The maximum Gasteiger partial charge on any atom is 0.328 e. The number of ether oxygens (including phenoxy) is 1. The summed E-state index contributed by atoms with van der Waals surface area (Å²) in [6.07, 6.45) is 1.77. The lowest BCUT2D eigenvalue weighted by Gasteiger charge is -2.19. The van der Waals surface area contributed by atoms with Gasteiger partial charge >= 0.3 is 5.97 Å². The fourth-order valence-electron chi connectivity index (χ4n) is 2.34. The molecule has 0 unspecified atom stereocenters. The highest BCUT2D eigenvalue weighted by Crippen LogP contribution is 2.10. The number of benzene rings is 1. The zero-order valence-electron chi connectivity index (χ0n) is 14.8. The molecule has 0 aliphatic carbocycles. The van der Waals surface area contributed by atoms with Crippen LogP contribution >= 0.6 is 0 Å². The van der Waals surface area contributed by atoms with Crippen molar-refractivity contribution in [1.29, 1.82) is 5.26 Å². The first-order valence-corrected chi connectivity index (χ1v) is 8.37. The molecule has 1 heterocycles. The molecule has 1 atom stereocenters. The SMILES string of the molecule is CC(C)C[C@H](NC(=O)c1ccc(C#N)cn1)C(=O)OCc1ccccc1. The Bertz CT molecular complexity index is 780. The topological polar surface area (TPSA) is 92.1 Å². The molecule has 0 fully saturated rings. The molecule has 134 valence electrons. The average molecular weight is 351 g/mol. The molecule has 0 aliphatic heterocycles. The standard InChI is InChI=1S/C20H21N3O3/c1-14(2)10-18(20(25)26-13-15-6-4-3-5-7-15)23-19(24)17-9-8-16(11-21)12-22-17/h3-9,12,14,18H,10,13H2,1-2H3,(H,23,24)/t18-/m0/s1. The maximum atomic E-state index is 12.4. The Morgan fingerprint density at radius 2 is 1.92 bits per heavy atom. The van der Waals surface area contributed by atoms with Crippen molar-refractivity contribution in [3.05, 3.63) is 65.5 Å². The minimum absolute atomic E-state index is 0.147. The minimum Gasteiger partial charge on any atom is -0.459 e. The van der Waals surface area contributed by atoms with Gasteiger partial charge in [0.05, 0.1) is 5.56 Å². The van der Waals surface area contributed by atoms with Crippen molar-refractivity contribution < 1.29 is 14.3 Å². The number of hydrogen-bond acceptors (Lipinski definition) is 5. The van der Waals surface area contributed by atoms with Gasteiger partial charge in [-0.3, -0.25) is 4.79 Å². The number of nitrogens with one attached hydrogen (secondary N) is 1. The number of rotatable bonds is 7. The molecule has 26 heavy (non-hydrogen) atoms. The van der Waals surface area contributed by atoms with Crippen LogP contribution in [0.15, 0.2) is 48.7 Å². The minimum atomic E-state index is -0.761. The van der Waals surface area contributed by atoms with Gasteiger partial charge < -0.3 is 10.1 Å². The Morgan fingerprint density at radius 3 is 2.50 bits per heavy atom. The van der Waals surface area contributed by atoms with Crippen LogP contribution in [0.1, 0.15) is 41.9 Å². The number of esters is 1. The van der Waals surface area contributed by atoms with Crippen molar-refractivity contribution in [2.45, 2.75) is 32.9 Å². The second-order valence-electron chi connectivity index (χ2n) is 6.29. The highest BCUT2D eigenvalue weighted by Gasteiger charge is 2.24. The molecule has 0 saturated heterocycles. The Labute approximate surface area is 152 Å². The summed E-state index contributed by atoms with van der Waals surface area (Å²) in [6, 6.07) is 13.5. The lowest BCUT2D eigenvalue weighted by Crippen LogP contribution is -2.43. The highest BCUT2D eigenvalue weighted by molar-refractivity contribution is 5.95. The number of nitrogens with zero attached hydrogens (tertiary/aromatic N) is 2. The van der Waals surface area contributed by atoms with Crippen molar-refractivity contribution in [2.24, 2.45) is 5.92 Å². The number of amides is 1. The fourth-order valence-corrected chi connectivity index (χ4v) is 2.34. The zero-order chi connectivity index (χ0) is 18.9. The van der Waals surface area contributed by atoms with Gasteiger partial charge in [0.1, 0.15) is 24.4 Å². The Kier molecular flexibility index (Phi) is 6.86. The van der Waals surface area contributed by atoms with E-state index in [1.807, 2.05) is 50.2 Å². The maximum absolute atomic E-state index is 12.4. The molecule has 1 aromatic heterocycles. The van der Waals surface area contributed by atoms with Crippen LogP contribution < -0.4 is 5.32 Å². The van der Waals surface area contributed by atoms with Gasteiger partial charge in [0.15, 0.2) is 0 Å². The number of hydrogen-bond donors (Lipinski definition) is 1.